The van der Waals surface area contributed by atoms with Crippen LogP contribution in [0.4, 0.5) is 0 Å². The highest BCUT2D eigenvalue weighted by Crippen LogP contribution is 2.35. The molecule has 1 aliphatic heterocycles. The number of nitrogens with zero attached hydrogens (tertiary/aromatic N) is 3. The molecular formula is C55H43N3. The minimum Gasteiger partial charge on any atom is -0.309 e. The van der Waals surface area contributed by atoms with Crippen molar-refractivity contribution in [3.63, 3.8) is 0 Å². The monoisotopic (exact) mass is 745 g/mol. The molecule has 0 saturated heterocycles. The minimum atomic E-state index is -0.0379. The van der Waals surface area contributed by atoms with Gasteiger partial charge < -0.3 is 4.57 Å². The highest BCUT2D eigenvalue weighted by Gasteiger charge is 2.32. The van der Waals surface area contributed by atoms with Crippen molar-refractivity contribution in [3.8, 4) is 16.8 Å². The largest absolute Gasteiger partial charge is 0.309 e. The van der Waals surface area contributed by atoms with E-state index in [-0.39, 0.29) is 12.0 Å². The smallest absolute Gasteiger partial charge is 0.104 e. The van der Waals surface area contributed by atoms with E-state index in [1.807, 2.05) is 12.3 Å². The number of benzene rings is 6. The normalized spacial score (nSPS) is 17.3. The average Bonchev–Trinajstić information content (AvgIpc) is 3.61. The molecule has 3 aliphatic rings. The van der Waals surface area contributed by atoms with Gasteiger partial charge in [0.25, 0.3) is 0 Å². The van der Waals surface area contributed by atoms with Gasteiger partial charge in [-0.3, -0.25) is 9.98 Å². The van der Waals surface area contributed by atoms with Crippen molar-refractivity contribution in [3.05, 3.63) is 227 Å². The van der Waals surface area contributed by atoms with E-state index in [4.69, 9.17) is 9.98 Å². The molecule has 3 nitrogen and oxygen atoms in total. The standard InChI is InChI=1S/C55H43N3/c1-4-38(32-39-27-30-53-50(33-39)47-21-12-13-24-52(47)58(53)43-17-6-5-7-18-43)26-25-36(2)40-15-14-16-41(34-40)42-28-29-44(37(3)31-42)51-35-56-54-48-22-10-8-19-45(48)46-20-9-11-23-49(46)55(54)57-51/h4-31,33-35,49,55H,1,32H2,2-3H3/b36-25+,38-26+/t49-,55?/m0/s1. The number of para-hydroxylation sites is 2. The molecule has 0 amide bonds. The SMILES string of the molecule is C=C/C(=C\C=C(/C)c1cccc(-c2ccc(C3=NC4C(=c5ccccc5=C5C=CC=C[C@@H]54)N=C3)c(C)c2)c1)Cc1ccc2c(c1)c1ccccc1n2-c1ccccc1. The summed E-state index contributed by atoms with van der Waals surface area (Å²) in [6.45, 7) is 8.55. The maximum atomic E-state index is 5.37. The second-order valence-corrected chi connectivity index (χ2v) is 15.5. The van der Waals surface area contributed by atoms with Gasteiger partial charge in [-0.1, -0.05) is 152 Å². The van der Waals surface area contributed by atoms with Gasteiger partial charge in [-0.15, -0.1) is 0 Å². The van der Waals surface area contributed by atoms with Crippen LogP contribution in [-0.2, 0) is 6.42 Å². The van der Waals surface area contributed by atoms with E-state index in [1.165, 1.54) is 82.5 Å². The molecule has 0 fully saturated rings. The molecule has 10 rings (SSSR count). The minimum absolute atomic E-state index is 0.0379. The molecule has 6 aromatic carbocycles. The van der Waals surface area contributed by atoms with Crippen LogP contribution < -0.4 is 10.4 Å². The molecular weight excluding hydrogens is 703 g/mol. The Morgan fingerprint density at radius 2 is 1.52 bits per heavy atom. The maximum Gasteiger partial charge on any atom is 0.104 e. The molecule has 7 aromatic rings. The Bertz CT molecular complexity index is 3120. The zero-order chi connectivity index (χ0) is 39.2. The highest BCUT2D eigenvalue weighted by atomic mass is 15.0. The third kappa shape index (κ3) is 6.26. The summed E-state index contributed by atoms with van der Waals surface area (Å²) < 4.78 is 2.36. The van der Waals surface area contributed by atoms with Gasteiger partial charge in [0.1, 0.15) is 6.04 Å². The second kappa shape index (κ2) is 14.8. The molecule has 58 heavy (non-hydrogen) atoms. The average molecular weight is 746 g/mol. The number of aryl methyl sites for hydroxylation is 1. The predicted molar refractivity (Wildman–Crippen MR) is 246 cm³/mol. The molecule has 278 valence electrons. The van der Waals surface area contributed by atoms with Gasteiger partial charge in [-0.2, -0.15) is 0 Å². The van der Waals surface area contributed by atoms with Crippen LogP contribution in [0.3, 0.4) is 0 Å². The summed E-state index contributed by atoms with van der Waals surface area (Å²) in [6, 6.07) is 50.3. The van der Waals surface area contributed by atoms with Gasteiger partial charge in [0.15, 0.2) is 0 Å². The van der Waals surface area contributed by atoms with Crippen molar-refractivity contribution in [2.75, 3.05) is 0 Å². The van der Waals surface area contributed by atoms with Crippen LogP contribution in [0.1, 0.15) is 29.2 Å². The Hall–Kier alpha value is -7.10. The Balaban J connectivity index is 0.897. The Kier molecular flexibility index (Phi) is 8.99. The van der Waals surface area contributed by atoms with E-state index in [0.29, 0.717) is 0 Å². The molecule has 0 bridgehead atoms. The van der Waals surface area contributed by atoms with Gasteiger partial charge in [-0.05, 0) is 106 Å². The van der Waals surface area contributed by atoms with E-state index >= 15 is 0 Å². The molecule has 3 heteroatoms. The summed E-state index contributed by atoms with van der Waals surface area (Å²) in [6.07, 6.45) is 18.0. The molecule has 0 spiro atoms. The number of fused-ring (bicyclic) bond motifs is 7. The number of rotatable bonds is 8. The third-order valence-corrected chi connectivity index (χ3v) is 11.9. The van der Waals surface area contributed by atoms with E-state index in [2.05, 4.69) is 201 Å². The zero-order valence-electron chi connectivity index (χ0n) is 32.8. The van der Waals surface area contributed by atoms with Gasteiger partial charge in [-0.25, -0.2) is 0 Å². The lowest BCUT2D eigenvalue weighted by Gasteiger charge is -2.31. The Labute approximate surface area is 339 Å². The Morgan fingerprint density at radius 1 is 0.724 bits per heavy atom. The fraction of sp³-hybridized carbons (Fsp3) is 0.0909. The molecule has 0 N–H and O–H groups in total. The summed E-state index contributed by atoms with van der Waals surface area (Å²) in [5, 5.41) is 4.98. The van der Waals surface area contributed by atoms with Gasteiger partial charge in [0.2, 0.25) is 0 Å². The number of allylic oxidation sites excluding steroid dienone is 8. The molecule has 0 radical (unpaired) electrons. The fourth-order valence-corrected chi connectivity index (χ4v) is 8.95. The molecule has 0 saturated carbocycles. The first kappa shape index (κ1) is 35.3. The van der Waals surface area contributed by atoms with Crippen LogP contribution in [0.5, 0.6) is 0 Å². The molecule has 1 unspecified atom stereocenters. The first-order valence-corrected chi connectivity index (χ1v) is 20.1. The van der Waals surface area contributed by atoms with Crippen molar-refractivity contribution < 1.29 is 0 Å². The first-order valence-electron chi connectivity index (χ1n) is 20.1. The summed E-state index contributed by atoms with van der Waals surface area (Å²) in [4.78, 5) is 10.4. The van der Waals surface area contributed by atoms with Crippen LogP contribution >= 0.6 is 0 Å². The summed E-state index contributed by atoms with van der Waals surface area (Å²) >= 11 is 0. The van der Waals surface area contributed by atoms with Gasteiger partial charge >= 0.3 is 0 Å². The lowest BCUT2D eigenvalue weighted by molar-refractivity contribution is 0.701. The third-order valence-electron chi connectivity index (χ3n) is 11.9. The first-order chi connectivity index (χ1) is 28.5. The maximum absolute atomic E-state index is 5.37. The van der Waals surface area contributed by atoms with Crippen LogP contribution in [0.2, 0.25) is 0 Å². The molecule has 2 aliphatic carbocycles. The number of hydrogen-bond acceptors (Lipinski definition) is 2. The van der Waals surface area contributed by atoms with E-state index in [9.17, 15) is 0 Å². The molecule has 2 heterocycles. The van der Waals surface area contributed by atoms with Crippen molar-refractivity contribution in [1.29, 1.82) is 0 Å². The van der Waals surface area contributed by atoms with E-state index in [0.717, 1.165) is 23.4 Å². The van der Waals surface area contributed by atoms with Crippen LogP contribution in [-0.4, -0.2) is 22.5 Å². The van der Waals surface area contributed by atoms with Crippen LogP contribution in [0.15, 0.2) is 204 Å². The van der Waals surface area contributed by atoms with Crippen molar-refractivity contribution >= 4 is 50.6 Å². The quantitative estimate of drug-likeness (QED) is 0.139. The Morgan fingerprint density at radius 3 is 2.38 bits per heavy atom. The van der Waals surface area contributed by atoms with Gasteiger partial charge in [0, 0.05) is 33.2 Å². The van der Waals surface area contributed by atoms with Crippen LogP contribution in [0, 0.1) is 12.8 Å². The lowest BCUT2D eigenvalue weighted by atomic mass is 9.80. The topological polar surface area (TPSA) is 29.6 Å². The highest BCUT2D eigenvalue weighted by molar-refractivity contribution is 6.40. The predicted octanol–water partition coefficient (Wildman–Crippen LogP) is 11.5. The van der Waals surface area contributed by atoms with Crippen molar-refractivity contribution in [2.45, 2.75) is 26.3 Å². The molecule has 2 atom stereocenters. The fourth-order valence-electron chi connectivity index (χ4n) is 8.95. The lowest BCUT2D eigenvalue weighted by Crippen LogP contribution is -2.42. The second-order valence-electron chi connectivity index (χ2n) is 15.5. The van der Waals surface area contributed by atoms with Crippen LogP contribution in [0.25, 0.3) is 55.5 Å². The summed E-state index contributed by atoms with van der Waals surface area (Å²) in [5.74, 6) is 0.183. The molecule has 1 aromatic heterocycles. The zero-order valence-corrected chi connectivity index (χ0v) is 32.8. The van der Waals surface area contributed by atoms with Crippen molar-refractivity contribution in [1.82, 2.24) is 4.57 Å². The van der Waals surface area contributed by atoms with Crippen molar-refractivity contribution in [2.24, 2.45) is 15.9 Å². The summed E-state index contributed by atoms with van der Waals surface area (Å²) in [7, 11) is 0. The van der Waals surface area contributed by atoms with Gasteiger partial charge in [0.05, 0.1) is 28.7 Å². The summed E-state index contributed by atoms with van der Waals surface area (Å²) in [5.41, 5.74) is 16.4. The number of aromatic nitrogens is 1. The van der Waals surface area contributed by atoms with E-state index in [1.54, 1.807) is 0 Å². The van der Waals surface area contributed by atoms with E-state index < -0.39 is 0 Å². The number of hydrogen-bond donors (Lipinski definition) is 0. The number of aliphatic imine (C=N–C) groups is 2.